The van der Waals surface area contributed by atoms with Gasteiger partial charge >= 0.3 is 5.97 Å². The number of thioether (sulfide) groups is 1. The molecular weight excluding hydrogens is 506 g/mol. The standard InChI is InChI=1S/C25H24ClN3O6S/c1-4-35-19-9-8-14(10-18(19)26)21-17(12-27)24(29-23(31)22(21)25(32)34-3)36-13-20(30)28-15-6-5-7-16(11-15)33-2/h5-11,21-22H,4,13H2,1-3H3,(H,28,30)(H,29,31)/t21-,22-/m0/s1. The molecule has 36 heavy (non-hydrogen) atoms. The second kappa shape index (κ2) is 12.3. The molecule has 2 N–H and O–H groups in total. The summed E-state index contributed by atoms with van der Waals surface area (Å²) < 4.78 is 15.5. The lowest BCUT2D eigenvalue weighted by Gasteiger charge is -2.31. The second-order valence-electron chi connectivity index (χ2n) is 7.51. The molecule has 2 amide bonds. The van der Waals surface area contributed by atoms with E-state index in [1.54, 1.807) is 42.5 Å². The highest BCUT2D eigenvalue weighted by Crippen LogP contribution is 2.42. The maximum absolute atomic E-state index is 13.0. The van der Waals surface area contributed by atoms with Gasteiger partial charge in [0.1, 0.15) is 17.4 Å². The van der Waals surface area contributed by atoms with Crippen LogP contribution in [0.15, 0.2) is 53.1 Å². The number of ether oxygens (including phenoxy) is 3. The van der Waals surface area contributed by atoms with Crippen molar-refractivity contribution in [3.05, 3.63) is 63.7 Å². The molecule has 0 bridgehead atoms. The normalized spacial score (nSPS) is 17.0. The number of carbonyl (C=O) groups excluding carboxylic acids is 3. The first-order valence-corrected chi connectivity index (χ1v) is 12.2. The molecule has 0 saturated heterocycles. The average molecular weight is 530 g/mol. The van der Waals surface area contributed by atoms with Crippen LogP contribution < -0.4 is 20.1 Å². The van der Waals surface area contributed by atoms with Crippen molar-refractivity contribution in [2.75, 3.05) is 31.9 Å². The molecule has 1 aliphatic rings. The number of rotatable bonds is 9. The van der Waals surface area contributed by atoms with E-state index in [0.717, 1.165) is 11.8 Å². The van der Waals surface area contributed by atoms with E-state index >= 15 is 0 Å². The van der Waals surface area contributed by atoms with Gasteiger partial charge in [0.05, 0.1) is 48.3 Å². The Kier molecular flexibility index (Phi) is 9.22. The second-order valence-corrected chi connectivity index (χ2v) is 8.91. The fourth-order valence-corrected chi connectivity index (χ4v) is 4.79. The van der Waals surface area contributed by atoms with Crippen LogP contribution in [0.2, 0.25) is 5.02 Å². The number of amides is 2. The van der Waals surface area contributed by atoms with Crippen LogP contribution in [-0.2, 0) is 19.1 Å². The molecule has 0 spiro atoms. The number of esters is 1. The highest BCUT2D eigenvalue weighted by Gasteiger charge is 2.44. The average Bonchev–Trinajstić information content (AvgIpc) is 2.88. The smallest absolute Gasteiger partial charge is 0.319 e. The highest BCUT2D eigenvalue weighted by molar-refractivity contribution is 8.03. The monoisotopic (exact) mass is 529 g/mol. The number of hydrogen-bond acceptors (Lipinski definition) is 8. The molecule has 0 saturated carbocycles. The summed E-state index contributed by atoms with van der Waals surface area (Å²) in [7, 11) is 2.69. The first-order chi connectivity index (χ1) is 17.3. The van der Waals surface area contributed by atoms with Gasteiger partial charge in [0.15, 0.2) is 0 Å². The summed E-state index contributed by atoms with van der Waals surface area (Å²) in [6.45, 7) is 2.21. The van der Waals surface area contributed by atoms with Crippen LogP contribution in [0, 0.1) is 17.2 Å². The summed E-state index contributed by atoms with van der Waals surface area (Å²) in [5.74, 6) is -3.16. The molecule has 0 unspecified atom stereocenters. The van der Waals surface area contributed by atoms with Crippen molar-refractivity contribution in [2.24, 2.45) is 5.92 Å². The Morgan fingerprint density at radius 1 is 1.22 bits per heavy atom. The third kappa shape index (κ3) is 6.11. The van der Waals surface area contributed by atoms with Gasteiger partial charge in [-0.05, 0) is 36.8 Å². The third-order valence-corrected chi connectivity index (χ3v) is 6.61. The Morgan fingerprint density at radius 3 is 2.64 bits per heavy atom. The number of anilines is 1. The number of methoxy groups -OCH3 is 2. The number of nitriles is 1. The van der Waals surface area contributed by atoms with Gasteiger partial charge < -0.3 is 24.8 Å². The fourth-order valence-electron chi connectivity index (χ4n) is 3.70. The molecule has 0 aliphatic carbocycles. The van der Waals surface area contributed by atoms with E-state index < -0.39 is 23.7 Å². The van der Waals surface area contributed by atoms with E-state index in [-0.39, 0.29) is 27.3 Å². The molecule has 2 aromatic rings. The summed E-state index contributed by atoms with van der Waals surface area (Å²) >= 11 is 7.32. The summed E-state index contributed by atoms with van der Waals surface area (Å²) in [6.07, 6.45) is 0. The number of carbonyl (C=O) groups is 3. The van der Waals surface area contributed by atoms with Crippen LogP contribution in [0.25, 0.3) is 0 Å². The van der Waals surface area contributed by atoms with Crippen LogP contribution in [0.4, 0.5) is 5.69 Å². The molecule has 2 aromatic carbocycles. The summed E-state index contributed by atoms with van der Waals surface area (Å²) in [5.41, 5.74) is 1.11. The van der Waals surface area contributed by atoms with E-state index in [2.05, 4.69) is 16.7 Å². The van der Waals surface area contributed by atoms with Gasteiger partial charge in [-0.1, -0.05) is 35.5 Å². The molecule has 0 fully saturated rings. The first-order valence-electron chi connectivity index (χ1n) is 10.8. The van der Waals surface area contributed by atoms with E-state index in [0.29, 0.717) is 29.4 Å². The number of halogens is 1. The zero-order valence-electron chi connectivity index (χ0n) is 19.8. The molecule has 2 atom stereocenters. The Hall–Kier alpha value is -3.68. The largest absolute Gasteiger partial charge is 0.497 e. The van der Waals surface area contributed by atoms with Gasteiger partial charge in [-0.2, -0.15) is 5.26 Å². The minimum absolute atomic E-state index is 0.0996. The summed E-state index contributed by atoms with van der Waals surface area (Å²) in [6, 6.07) is 13.8. The number of benzene rings is 2. The van der Waals surface area contributed by atoms with Crippen LogP contribution in [0.1, 0.15) is 18.4 Å². The predicted octanol–water partition coefficient (Wildman–Crippen LogP) is 3.86. The Bertz CT molecular complexity index is 1240. The lowest BCUT2D eigenvalue weighted by Crippen LogP contribution is -2.44. The van der Waals surface area contributed by atoms with Crippen molar-refractivity contribution in [2.45, 2.75) is 12.8 Å². The lowest BCUT2D eigenvalue weighted by atomic mass is 9.78. The molecule has 0 aromatic heterocycles. The van der Waals surface area contributed by atoms with E-state index in [1.807, 2.05) is 6.92 Å². The topological polar surface area (TPSA) is 127 Å². The fraction of sp³-hybridized carbons (Fsp3) is 0.280. The van der Waals surface area contributed by atoms with Gasteiger partial charge in [0.2, 0.25) is 11.8 Å². The molecule has 1 heterocycles. The number of nitrogens with one attached hydrogen (secondary N) is 2. The first kappa shape index (κ1) is 26.9. The molecule has 9 nitrogen and oxygen atoms in total. The summed E-state index contributed by atoms with van der Waals surface area (Å²) in [4.78, 5) is 38.1. The molecular formula is C25H24ClN3O6S. The number of allylic oxidation sites excluding steroid dienone is 1. The Balaban J connectivity index is 1.91. The minimum atomic E-state index is -1.31. The van der Waals surface area contributed by atoms with E-state index in [4.69, 9.17) is 25.8 Å². The van der Waals surface area contributed by atoms with Crippen LogP contribution >= 0.6 is 23.4 Å². The minimum Gasteiger partial charge on any atom is -0.497 e. The van der Waals surface area contributed by atoms with Gasteiger partial charge in [-0.25, -0.2) is 0 Å². The van der Waals surface area contributed by atoms with Crippen molar-refractivity contribution >= 4 is 46.8 Å². The van der Waals surface area contributed by atoms with Crippen LogP contribution in [0.5, 0.6) is 11.5 Å². The lowest BCUT2D eigenvalue weighted by molar-refractivity contribution is -0.150. The van der Waals surface area contributed by atoms with Crippen LogP contribution in [0.3, 0.4) is 0 Å². The third-order valence-electron chi connectivity index (χ3n) is 5.30. The van der Waals surface area contributed by atoms with Gasteiger partial charge in [0.25, 0.3) is 0 Å². The highest BCUT2D eigenvalue weighted by atomic mass is 35.5. The van der Waals surface area contributed by atoms with Crippen molar-refractivity contribution in [3.8, 4) is 17.6 Å². The molecule has 3 rings (SSSR count). The molecule has 188 valence electrons. The van der Waals surface area contributed by atoms with Gasteiger partial charge in [0, 0.05) is 17.7 Å². The maximum atomic E-state index is 13.0. The quantitative estimate of drug-likeness (QED) is 0.370. The summed E-state index contributed by atoms with van der Waals surface area (Å²) in [5, 5.41) is 15.8. The Morgan fingerprint density at radius 2 is 2.00 bits per heavy atom. The van der Waals surface area contributed by atoms with Crippen LogP contribution in [-0.4, -0.2) is 44.4 Å². The SMILES string of the molecule is CCOc1ccc([C@H]2C(C#N)=C(SCC(=O)Nc3cccc(OC)c3)NC(=O)[C@H]2C(=O)OC)cc1Cl. The van der Waals surface area contributed by atoms with Crippen molar-refractivity contribution in [3.63, 3.8) is 0 Å². The van der Waals surface area contributed by atoms with Gasteiger partial charge in [-0.3, -0.25) is 14.4 Å². The number of hydrogen-bond donors (Lipinski definition) is 2. The van der Waals surface area contributed by atoms with Crippen molar-refractivity contribution in [1.82, 2.24) is 5.32 Å². The van der Waals surface area contributed by atoms with E-state index in [9.17, 15) is 19.6 Å². The van der Waals surface area contributed by atoms with Crippen molar-refractivity contribution in [1.29, 1.82) is 5.26 Å². The molecule has 0 radical (unpaired) electrons. The van der Waals surface area contributed by atoms with E-state index in [1.165, 1.54) is 14.2 Å². The number of nitrogens with zero attached hydrogens (tertiary/aromatic N) is 1. The zero-order chi connectivity index (χ0) is 26.2. The maximum Gasteiger partial charge on any atom is 0.319 e. The predicted molar refractivity (Wildman–Crippen MR) is 136 cm³/mol. The molecule has 11 heteroatoms. The zero-order valence-corrected chi connectivity index (χ0v) is 21.4. The van der Waals surface area contributed by atoms with Crippen molar-refractivity contribution < 1.29 is 28.6 Å². The van der Waals surface area contributed by atoms with Gasteiger partial charge in [-0.15, -0.1) is 0 Å². The Labute approximate surface area is 217 Å². The molecule has 1 aliphatic heterocycles.